The standard InChI is InChI=1S/C54H62F4N8O8S/c1-30-25-65(26-31(2)64(30)7)45-15-13-35(19-44(45)63-50(71)40-24-60-47(69)22-41(40)54(56,57)58)39-18-36(12-14-43(39)55)49(70)59-16-17-74-28-38(68)20-42(53(4,5)6)52(73)66-27-37(67)21-46(66)51(72)61-23-33-8-10-34(11-9-33)48-32(3)62-29-75-48/h8-15,18-19,22,24,29-31,37,42,46,67H,16-17,20-21,23,25-28H2,1-7H3,(H,59,70)(H,60,69)(H,61,72)(H,63,71)/t30-,31+,37-,42-,46+/m1/s1. The predicted octanol–water partition coefficient (Wildman–Crippen LogP) is 7.06. The van der Waals surface area contributed by atoms with Crippen molar-refractivity contribution in [3.8, 4) is 21.6 Å². The minimum absolute atomic E-state index is 0.0437. The van der Waals surface area contributed by atoms with E-state index in [2.05, 4.69) is 30.8 Å². The highest BCUT2D eigenvalue weighted by Crippen LogP contribution is 2.38. The molecule has 4 heterocycles. The molecule has 5 aromatic rings. The number of halogens is 4. The van der Waals surface area contributed by atoms with Crippen molar-refractivity contribution in [3.63, 3.8) is 0 Å². The summed E-state index contributed by atoms with van der Waals surface area (Å²) in [5, 5.41) is 18.8. The van der Waals surface area contributed by atoms with Crippen LogP contribution in [-0.4, -0.2) is 125 Å². The zero-order valence-electron chi connectivity index (χ0n) is 42.8. The van der Waals surface area contributed by atoms with Gasteiger partial charge in [0.15, 0.2) is 5.78 Å². The number of aromatic amines is 1. The van der Waals surface area contributed by atoms with E-state index in [9.17, 15) is 47.0 Å². The normalized spacial score (nSPS) is 18.7. The van der Waals surface area contributed by atoms with E-state index < -0.39 is 81.6 Å². The number of β-amino-alcohol motifs (C(OH)–C–C–N with tert-alkyl or cyclic N) is 1. The van der Waals surface area contributed by atoms with E-state index in [1.54, 1.807) is 29.0 Å². The summed E-state index contributed by atoms with van der Waals surface area (Å²) in [6, 6.07) is 15.5. The van der Waals surface area contributed by atoms with Gasteiger partial charge in [0.05, 0.1) is 51.3 Å². The number of aliphatic hydroxyl groups is 1. The third-order valence-electron chi connectivity index (χ3n) is 13.8. The van der Waals surface area contributed by atoms with Crippen molar-refractivity contribution in [2.75, 3.05) is 56.7 Å². The second-order valence-corrected chi connectivity index (χ2v) is 21.2. The Balaban J connectivity index is 0.958. The number of nitrogens with zero attached hydrogens (tertiary/aromatic N) is 4. The Kier molecular flexibility index (Phi) is 17.4. The Hall–Kier alpha value is -6.81. The van der Waals surface area contributed by atoms with Gasteiger partial charge in [0, 0.05) is 87.0 Å². The lowest BCUT2D eigenvalue weighted by Gasteiger charge is -2.44. The largest absolute Gasteiger partial charge is 0.417 e. The summed E-state index contributed by atoms with van der Waals surface area (Å²) < 4.78 is 63.3. The Bertz CT molecular complexity index is 2960. The van der Waals surface area contributed by atoms with Gasteiger partial charge in [0.1, 0.15) is 18.5 Å². The number of aliphatic hydroxyl groups excluding tert-OH is 1. The van der Waals surface area contributed by atoms with Crippen LogP contribution in [0.1, 0.15) is 85.0 Å². The lowest BCUT2D eigenvalue weighted by molar-refractivity contribution is -0.146. The first-order valence-electron chi connectivity index (χ1n) is 24.5. The van der Waals surface area contributed by atoms with E-state index in [-0.39, 0.29) is 80.2 Å². The van der Waals surface area contributed by atoms with Crippen LogP contribution in [0.5, 0.6) is 0 Å². The van der Waals surface area contributed by atoms with E-state index in [0.29, 0.717) is 31.0 Å². The number of hydrogen-bond donors (Lipinski definition) is 5. The highest BCUT2D eigenvalue weighted by atomic mass is 32.1. The van der Waals surface area contributed by atoms with Crippen LogP contribution in [0.3, 0.4) is 0 Å². The van der Waals surface area contributed by atoms with Crippen molar-refractivity contribution in [1.82, 2.24) is 30.4 Å². The Morgan fingerprint density at radius 1 is 0.920 bits per heavy atom. The van der Waals surface area contributed by atoms with Crippen LogP contribution in [0.25, 0.3) is 21.6 Å². The third kappa shape index (κ3) is 13.5. The molecule has 7 rings (SSSR count). The number of carbonyl (C=O) groups excluding carboxylic acids is 5. The zero-order chi connectivity index (χ0) is 54.5. The molecule has 5 atom stereocenters. The molecule has 2 aliphatic rings. The molecule has 2 aromatic heterocycles. The maximum absolute atomic E-state index is 15.6. The molecule has 0 bridgehead atoms. The number of H-pyrrole nitrogens is 1. The van der Waals surface area contributed by atoms with Crippen molar-refractivity contribution in [3.05, 3.63) is 123 Å². The molecule has 4 amide bonds. The van der Waals surface area contributed by atoms with Crippen molar-refractivity contribution < 1.29 is 51.4 Å². The van der Waals surface area contributed by atoms with Crippen molar-refractivity contribution >= 4 is 52.1 Å². The van der Waals surface area contributed by atoms with E-state index in [1.807, 2.05) is 77.8 Å². The number of rotatable bonds is 17. The molecule has 400 valence electrons. The van der Waals surface area contributed by atoms with Crippen LogP contribution in [-0.2, 0) is 31.8 Å². The first-order chi connectivity index (χ1) is 35.4. The van der Waals surface area contributed by atoms with E-state index in [1.165, 1.54) is 23.1 Å². The Morgan fingerprint density at radius 3 is 2.27 bits per heavy atom. The number of carbonyl (C=O) groups is 5. The fourth-order valence-electron chi connectivity index (χ4n) is 9.39. The molecule has 5 N–H and O–H groups in total. The van der Waals surface area contributed by atoms with Gasteiger partial charge in [-0.25, -0.2) is 9.37 Å². The summed E-state index contributed by atoms with van der Waals surface area (Å²) in [5.41, 5.74) is 1.28. The lowest BCUT2D eigenvalue weighted by atomic mass is 9.77. The molecule has 0 radical (unpaired) electrons. The number of Topliss-reactive ketones (excluding diaryl/α,β-unsaturated/α-hetero) is 1. The van der Waals surface area contributed by atoms with Crippen LogP contribution in [0.4, 0.5) is 28.9 Å². The number of likely N-dealkylation sites (tertiary alicyclic amines) is 1. The van der Waals surface area contributed by atoms with E-state index in [0.717, 1.165) is 27.8 Å². The minimum atomic E-state index is -5.02. The fourth-order valence-corrected chi connectivity index (χ4v) is 10.2. The van der Waals surface area contributed by atoms with E-state index >= 15 is 4.39 Å². The Morgan fingerprint density at radius 2 is 1.61 bits per heavy atom. The van der Waals surface area contributed by atoms with Gasteiger partial charge in [-0.1, -0.05) is 51.1 Å². The number of hydrogen-bond acceptors (Lipinski definition) is 12. The van der Waals surface area contributed by atoms with E-state index in [4.69, 9.17) is 4.74 Å². The SMILES string of the molecule is Cc1ncsc1-c1ccc(CNC(=O)[C@@H]2C[C@@H](O)CN2C(=O)[C@@H](CC(=O)COCCNC(=O)c2ccc(F)c(-c3ccc(N4C[C@@H](C)N(C)[C@@H](C)C4)c(NC(=O)c4c[nH]c(=O)cc4C(F)(F)F)c3)c2)C(C)(C)C)cc1. The average Bonchev–Trinajstić information content (AvgIpc) is 3.98. The van der Waals surface area contributed by atoms with Gasteiger partial charge >= 0.3 is 6.18 Å². The number of pyridine rings is 1. The molecule has 0 aliphatic carbocycles. The van der Waals surface area contributed by atoms with Gasteiger partial charge in [0.2, 0.25) is 17.4 Å². The second-order valence-electron chi connectivity index (χ2n) is 20.3. The third-order valence-corrected chi connectivity index (χ3v) is 14.8. The van der Waals surface area contributed by atoms with Gasteiger partial charge in [-0.2, -0.15) is 13.2 Å². The van der Waals surface area contributed by atoms with Crippen molar-refractivity contribution in [2.24, 2.45) is 11.3 Å². The van der Waals surface area contributed by atoms with Crippen LogP contribution in [0, 0.1) is 24.1 Å². The van der Waals surface area contributed by atoms with Crippen LogP contribution < -0.4 is 26.4 Å². The monoisotopic (exact) mass is 1060 g/mol. The number of thiazole rings is 1. The summed E-state index contributed by atoms with van der Waals surface area (Å²) in [5.74, 6) is -4.62. The van der Waals surface area contributed by atoms with Gasteiger partial charge < -0.3 is 40.6 Å². The number of alkyl halides is 3. The second kappa shape index (κ2) is 23.4. The number of amides is 4. The molecule has 3 aromatic carbocycles. The average molecular weight is 1060 g/mol. The number of ketones is 1. The topological polar surface area (TPSA) is 206 Å². The number of anilines is 2. The number of piperazine rings is 1. The zero-order valence-corrected chi connectivity index (χ0v) is 43.6. The van der Waals surface area contributed by atoms with Crippen LogP contribution in [0.15, 0.2) is 83.2 Å². The summed E-state index contributed by atoms with van der Waals surface area (Å²) in [6.07, 6.45) is -5.43. The summed E-state index contributed by atoms with van der Waals surface area (Å²) in [6.45, 7) is 12.0. The highest BCUT2D eigenvalue weighted by molar-refractivity contribution is 7.13. The molecule has 21 heteroatoms. The molecule has 2 saturated heterocycles. The van der Waals surface area contributed by atoms with Crippen LogP contribution in [0.2, 0.25) is 0 Å². The molecule has 75 heavy (non-hydrogen) atoms. The van der Waals surface area contributed by atoms with Gasteiger partial charge in [-0.05, 0) is 80.3 Å². The van der Waals surface area contributed by atoms with Crippen molar-refractivity contribution in [1.29, 1.82) is 0 Å². The molecule has 0 saturated carbocycles. The smallest absolute Gasteiger partial charge is 0.391 e. The molecular weight excluding hydrogens is 997 g/mol. The summed E-state index contributed by atoms with van der Waals surface area (Å²) >= 11 is 1.54. The first kappa shape index (κ1) is 55.9. The number of likely N-dealkylation sites (N-methyl/N-ethyl adjacent to an activating group) is 1. The maximum atomic E-state index is 15.6. The molecule has 0 unspecified atom stereocenters. The van der Waals surface area contributed by atoms with Gasteiger partial charge in [-0.15, -0.1) is 11.3 Å². The van der Waals surface area contributed by atoms with Crippen LogP contribution >= 0.6 is 11.3 Å². The number of aromatic nitrogens is 2. The summed E-state index contributed by atoms with van der Waals surface area (Å²) in [4.78, 5) is 92.8. The summed E-state index contributed by atoms with van der Waals surface area (Å²) in [7, 11) is 1.97. The predicted molar refractivity (Wildman–Crippen MR) is 277 cm³/mol. The maximum Gasteiger partial charge on any atom is 0.417 e. The number of nitrogens with one attached hydrogen (secondary N) is 4. The molecular formula is C54H62F4N8O8S. The molecule has 2 aliphatic heterocycles. The molecule has 16 nitrogen and oxygen atoms in total. The van der Waals surface area contributed by atoms with Gasteiger partial charge in [0.25, 0.3) is 11.8 Å². The lowest BCUT2D eigenvalue weighted by Crippen LogP contribution is -2.55. The number of ether oxygens (including phenoxy) is 1. The number of benzene rings is 3. The molecule has 0 spiro atoms. The Labute approximate surface area is 435 Å². The highest BCUT2D eigenvalue weighted by Gasteiger charge is 2.44. The first-order valence-corrected chi connectivity index (χ1v) is 25.4. The molecule has 2 fully saturated rings. The quantitative estimate of drug-likeness (QED) is 0.0471. The van der Waals surface area contributed by atoms with Gasteiger partial charge in [-0.3, -0.25) is 33.7 Å². The minimum Gasteiger partial charge on any atom is -0.391 e. The van der Waals surface area contributed by atoms with Crippen molar-refractivity contribution in [2.45, 2.75) is 91.3 Å². The fraction of sp³-hybridized carbons (Fsp3) is 0.426. The number of aryl methyl sites for hydroxylation is 1.